The number of carbonyl (C=O) groups is 2. The van der Waals surface area contributed by atoms with E-state index < -0.39 is 0 Å². The van der Waals surface area contributed by atoms with Crippen LogP contribution in [0.5, 0.6) is 5.75 Å². The van der Waals surface area contributed by atoms with Gasteiger partial charge in [0.05, 0.1) is 18.4 Å². The van der Waals surface area contributed by atoms with Crippen LogP contribution in [0.15, 0.2) is 60.9 Å². The predicted molar refractivity (Wildman–Crippen MR) is 154 cm³/mol. The van der Waals surface area contributed by atoms with Gasteiger partial charge in [-0.15, -0.1) is 0 Å². The van der Waals surface area contributed by atoms with Crippen molar-refractivity contribution >= 4 is 28.7 Å². The molecule has 9 heteroatoms. The number of fused-ring (bicyclic) bond motifs is 1. The van der Waals surface area contributed by atoms with E-state index in [9.17, 15) is 9.59 Å². The molecule has 0 saturated carbocycles. The summed E-state index contributed by atoms with van der Waals surface area (Å²) in [7, 11) is 5.05. The number of aromatic amines is 1. The summed E-state index contributed by atoms with van der Waals surface area (Å²) >= 11 is 0. The molecule has 1 saturated heterocycles. The minimum atomic E-state index is -0.314. The Morgan fingerprint density at radius 1 is 1.05 bits per heavy atom. The maximum Gasteiger partial charge on any atom is 0.319 e. The molecule has 3 amide bonds. The molecule has 0 spiro atoms. The van der Waals surface area contributed by atoms with Crippen LogP contribution in [-0.2, 0) is 0 Å². The Hall–Kier alpha value is -4.37. The first-order chi connectivity index (χ1) is 18.9. The van der Waals surface area contributed by atoms with Crippen LogP contribution in [0.2, 0.25) is 0 Å². The Bertz CT molecular complexity index is 1490. The second-order valence-electron chi connectivity index (χ2n) is 10.0. The van der Waals surface area contributed by atoms with Gasteiger partial charge in [0.25, 0.3) is 5.91 Å². The van der Waals surface area contributed by atoms with Gasteiger partial charge in [0, 0.05) is 55.1 Å². The van der Waals surface area contributed by atoms with Gasteiger partial charge in [-0.25, -0.2) is 9.78 Å². The number of anilines is 1. The summed E-state index contributed by atoms with van der Waals surface area (Å²) < 4.78 is 5.58. The minimum Gasteiger partial charge on any atom is -0.496 e. The highest BCUT2D eigenvalue weighted by Crippen LogP contribution is 2.36. The van der Waals surface area contributed by atoms with E-state index in [0.29, 0.717) is 23.7 Å². The van der Waals surface area contributed by atoms with Gasteiger partial charge in [-0.1, -0.05) is 24.3 Å². The van der Waals surface area contributed by atoms with Gasteiger partial charge >= 0.3 is 6.03 Å². The number of pyridine rings is 1. The third-order valence-corrected chi connectivity index (χ3v) is 7.18. The number of carbonyl (C=O) groups excluding carboxylic acids is 2. The number of methoxy groups -OCH3 is 1. The van der Waals surface area contributed by atoms with Gasteiger partial charge in [0.1, 0.15) is 11.4 Å². The lowest BCUT2D eigenvalue weighted by atomic mass is 9.98. The zero-order valence-electron chi connectivity index (χ0n) is 22.5. The van der Waals surface area contributed by atoms with Crippen molar-refractivity contribution in [1.29, 1.82) is 0 Å². The smallest absolute Gasteiger partial charge is 0.319 e. The largest absolute Gasteiger partial charge is 0.496 e. The van der Waals surface area contributed by atoms with E-state index in [1.54, 1.807) is 33.5 Å². The van der Waals surface area contributed by atoms with Crippen molar-refractivity contribution in [3.63, 3.8) is 0 Å². The van der Waals surface area contributed by atoms with E-state index in [-0.39, 0.29) is 11.9 Å². The van der Waals surface area contributed by atoms with E-state index >= 15 is 0 Å². The number of para-hydroxylation sites is 1. The second-order valence-corrected chi connectivity index (χ2v) is 10.0. The number of amides is 3. The molecular formula is C30H34N6O3. The maximum absolute atomic E-state index is 13.1. The average Bonchev–Trinajstić information content (AvgIpc) is 3.39. The van der Waals surface area contributed by atoms with Crippen molar-refractivity contribution in [3.8, 4) is 28.0 Å². The Balaban J connectivity index is 1.44. The summed E-state index contributed by atoms with van der Waals surface area (Å²) in [5, 5.41) is 10.1. The van der Waals surface area contributed by atoms with Gasteiger partial charge in [0.2, 0.25) is 0 Å². The number of hydrogen-bond donors (Lipinski definition) is 4. The molecule has 0 aliphatic carbocycles. The number of benzene rings is 2. The summed E-state index contributed by atoms with van der Waals surface area (Å²) in [5.74, 6) is 1.03. The highest BCUT2D eigenvalue weighted by atomic mass is 16.5. The molecule has 0 radical (unpaired) electrons. The van der Waals surface area contributed by atoms with Crippen molar-refractivity contribution in [2.45, 2.75) is 12.8 Å². The Morgan fingerprint density at radius 3 is 2.62 bits per heavy atom. The lowest BCUT2D eigenvalue weighted by Gasteiger charge is -2.23. The fraction of sp³-hybridized carbons (Fsp3) is 0.300. The molecule has 4 N–H and O–H groups in total. The molecular weight excluding hydrogens is 492 g/mol. The quantitative estimate of drug-likeness (QED) is 0.278. The first-order valence-electron chi connectivity index (χ1n) is 13.2. The fourth-order valence-electron chi connectivity index (χ4n) is 4.99. The van der Waals surface area contributed by atoms with Crippen molar-refractivity contribution < 1.29 is 14.3 Å². The molecule has 5 rings (SSSR count). The Morgan fingerprint density at radius 2 is 1.85 bits per heavy atom. The number of nitrogens with one attached hydrogen (secondary N) is 4. The molecule has 2 aromatic heterocycles. The standard InChI is InChI=1S/C30H34N6O3/c1-36(2)29(37)24-14-20(8-9-26(24)35-30(38)34-16-19-10-12-31-13-11-19)21-15-23-25(18-33-28(23)32-17-21)22-6-4-5-7-27(22)39-3/h4-9,14-15,17-19,31H,10-13,16H2,1-3H3,(H,32,33)(H2,34,35,38). The lowest BCUT2D eigenvalue weighted by Crippen LogP contribution is -2.38. The molecule has 0 atom stereocenters. The molecule has 202 valence electrons. The fourth-order valence-corrected chi connectivity index (χ4v) is 4.99. The molecule has 0 unspecified atom stereocenters. The van der Waals surface area contributed by atoms with Crippen LogP contribution in [0.25, 0.3) is 33.3 Å². The van der Waals surface area contributed by atoms with Crippen LogP contribution in [0, 0.1) is 5.92 Å². The monoisotopic (exact) mass is 526 g/mol. The normalized spacial score (nSPS) is 13.7. The minimum absolute atomic E-state index is 0.198. The van der Waals surface area contributed by atoms with E-state index in [0.717, 1.165) is 65.0 Å². The Labute approximate surface area is 228 Å². The molecule has 9 nitrogen and oxygen atoms in total. The number of piperidine rings is 1. The lowest BCUT2D eigenvalue weighted by molar-refractivity contribution is 0.0828. The van der Waals surface area contributed by atoms with Crippen molar-refractivity contribution in [1.82, 2.24) is 25.5 Å². The third-order valence-electron chi connectivity index (χ3n) is 7.18. The van der Waals surface area contributed by atoms with E-state index in [4.69, 9.17) is 4.74 Å². The number of aromatic nitrogens is 2. The number of ether oxygens (including phenoxy) is 1. The molecule has 39 heavy (non-hydrogen) atoms. The first-order valence-corrected chi connectivity index (χ1v) is 13.2. The highest BCUT2D eigenvalue weighted by Gasteiger charge is 2.19. The zero-order chi connectivity index (χ0) is 27.4. The van der Waals surface area contributed by atoms with Gasteiger partial charge in [-0.3, -0.25) is 4.79 Å². The van der Waals surface area contributed by atoms with Crippen molar-refractivity contribution in [2.24, 2.45) is 5.92 Å². The van der Waals surface area contributed by atoms with Crippen molar-refractivity contribution in [3.05, 3.63) is 66.5 Å². The van der Waals surface area contributed by atoms with Crippen LogP contribution in [0.3, 0.4) is 0 Å². The highest BCUT2D eigenvalue weighted by molar-refractivity contribution is 6.05. The van der Waals surface area contributed by atoms with Crippen LogP contribution < -0.4 is 20.7 Å². The summed E-state index contributed by atoms with van der Waals surface area (Å²) in [6.07, 6.45) is 5.79. The van der Waals surface area contributed by atoms with Gasteiger partial charge in [-0.05, 0) is 61.7 Å². The second kappa shape index (κ2) is 11.6. The van der Waals surface area contributed by atoms with Crippen LogP contribution in [0.4, 0.5) is 10.5 Å². The van der Waals surface area contributed by atoms with Gasteiger partial charge in [-0.2, -0.15) is 0 Å². The van der Waals surface area contributed by atoms with E-state index in [2.05, 4.69) is 32.0 Å². The van der Waals surface area contributed by atoms with Crippen LogP contribution in [-0.4, -0.2) is 67.6 Å². The molecule has 1 aliphatic rings. The molecule has 0 bridgehead atoms. The predicted octanol–water partition coefficient (Wildman–Crippen LogP) is 4.73. The number of urea groups is 1. The molecule has 4 aromatic rings. The van der Waals surface area contributed by atoms with Crippen LogP contribution in [0.1, 0.15) is 23.2 Å². The Kier molecular flexibility index (Phi) is 7.79. The summed E-state index contributed by atoms with van der Waals surface area (Å²) in [6.45, 7) is 2.56. The number of nitrogens with zero attached hydrogens (tertiary/aromatic N) is 2. The van der Waals surface area contributed by atoms with Crippen LogP contribution >= 0.6 is 0 Å². The van der Waals surface area contributed by atoms with E-state index in [1.165, 1.54) is 4.90 Å². The zero-order valence-corrected chi connectivity index (χ0v) is 22.5. The third kappa shape index (κ3) is 5.73. The SMILES string of the molecule is COc1ccccc1-c1c[nH]c2ncc(-c3ccc(NC(=O)NCC4CCNCC4)c(C(=O)N(C)C)c3)cc12. The number of H-pyrrole nitrogens is 1. The maximum atomic E-state index is 13.1. The topological polar surface area (TPSA) is 111 Å². The molecule has 1 aliphatic heterocycles. The van der Waals surface area contributed by atoms with Crippen molar-refractivity contribution in [2.75, 3.05) is 46.2 Å². The number of rotatable bonds is 7. The summed E-state index contributed by atoms with van der Waals surface area (Å²) in [4.78, 5) is 35.2. The first kappa shape index (κ1) is 26.2. The number of hydrogen-bond acceptors (Lipinski definition) is 5. The average molecular weight is 527 g/mol. The summed E-state index contributed by atoms with van der Waals surface area (Å²) in [6, 6.07) is 15.1. The van der Waals surface area contributed by atoms with Gasteiger partial charge in [0.15, 0.2) is 0 Å². The molecule has 1 fully saturated rings. The molecule has 2 aromatic carbocycles. The van der Waals surface area contributed by atoms with E-state index in [1.807, 2.05) is 42.6 Å². The summed E-state index contributed by atoms with van der Waals surface area (Å²) in [5.41, 5.74) is 5.25. The van der Waals surface area contributed by atoms with Gasteiger partial charge < -0.3 is 30.6 Å². The molecule has 3 heterocycles.